The highest BCUT2D eigenvalue weighted by molar-refractivity contribution is 7.18. The summed E-state index contributed by atoms with van der Waals surface area (Å²) in [5, 5.41) is 0.654. The van der Waals surface area contributed by atoms with Crippen molar-refractivity contribution >= 4 is 27.5 Å². The van der Waals surface area contributed by atoms with E-state index in [0.717, 1.165) is 36.1 Å². The van der Waals surface area contributed by atoms with Crippen molar-refractivity contribution in [2.24, 2.45) is 11.8 Å². The number of hydrogen-bond donors (Lipinski definition) is 1. The monoisotopic (exact) mass is 389 g/mol. The second-order valence-corrected chi connectivity index (χ2v) is 9.18. The number of aromatic amines is 1. The predicted octanol–water partition coefficient (Wildman–Crippen LogP) is 2.87. The van der Waals surface area contributed by atoms with Crippen LogP contribution in [0.5, 0.6) is 0 Å². The lowest BCUT2D eigenvalue weighted by Gasteiger charge is -2.33. The van der Waals surface area contributed by atoms with Crippen molar-refractivity contribution in [3.63, 3.8) is 0 Å². The third kappa shape index (κ3) is 3.26. The smallest absolute Gasteiger partial charge is 0.329 e. The zero-order valence-corrected chi connectivity index (χ0v) is 16.9. The van der Waals surface area contributed by atoms with Crippen molar-refractivity contribution in [1.29, 1.82) is 0 Å². The summed E-state index contributed by atoms with van der Waals surface area (Å²) in [6.45, 7) is 5.84. The minimum atomic E-state index is -0.336. The number of fused-ring (bicyclic) bond motifs is 3. The molecule has 0 radical (unpaired) electrons. The molecule has 2 aromatic heterocycles. The molecule has 1 N–H and O–H groups in total. The van der Waals surface area contributed by atoms with Crippen LogP contribution < -0.4 is 11.2 Å². The van der Waals surface area contributed by atoms with E-state index in [-0.39, 0.29) is 23.1 Å². The Morgan fingerprint density at radius 1 is 1.30 bits per heavy atom. The summed E-state index contributed by atoms with van der Waals surface area (Å²) in [5.41, 5.74) is 0.508. The number of H-pyrrole nitrogens is 1. The van der Waals surface area contributed by atoms with Gasteiger partial charge in [0.05, 0.1) is 11.9 Å². The summed E-state index contributed by atoms with van der Waals surface area (Å²) in [5.74, 6) is 1.03. The average molecular weight is 390 g/mol. The second kappa shape index (κ2) is 7.26. The van der Waals surface area contributed by atoms with Gasteiger partial charge in [-0.1, -0.05) is 26.7 Å². The highest BCUT2D eigenvalue weighted by Crippen LogP contribution is 2.35. The number of hydrogen-bond acceptors (Lipinski definition) is 4. The van der Waals surface area contributed by atoms with Gasteiger partial charge < -0.3 is 4.90 Å². The fourth-order valence-corrected chi connectivity index (χ4v) is 5.89. The molecular weight excluding hydrogens is 362 g/mol. The highest BCUT2D eigenvalue weighted by atomic mass is 32.1. The fourth-order valence-electron chi connectivity index (χ4n) is 4.64. The third-order valence-corrected chi connectivity index (χ3v) is 7.16. The molecule has 146 valence electrons. The number of carbonyl (C=O) groups excluding carboxylic acids is 1. The minimum Gasteiger partial charge on any atom is -0.337 e. The van der Waals surface area contributed by atoms with Crippen molar-refractivity contribution in [3.8, 4) is 0 Å². The summed E-state index contributed by atoms with van der Waals surface area (Å²) in [4.78, 5) is 44.6. The third-order valence-electron chi connectivity index (χ3n) is 6.03. The fraction of sp³-hybridized carbons (Fsp3) is 0.650. The summed E-state index contributed by atoms with van der Waals surface area (Å²) >= 11 is 1.46. The molecule has 4 rings (SSSR count). The maximum atomic E-state index is 13.0. The van der Waals surface area contributed by atoms with Gasteiger partial charge >= 0.3 is 5.69 Å². The lowest BCUT2D eigenvalue weighted by Crippen LogP contribution is -2.41. The molecule has 2 aliphatic rings. The van der Waals surface area contributed by atoms with Gasteiger partial charge in [0.15, 0.2) is 0 Å². The van der Waals surface area contributed by atoms with E-state index in [0.29, 0.717) is 42.2 Å². The van der Waals surface area contributed by atoms with Crippen LogP contribution in [0, 0.1) is 11.8 Å². The molecule has 6 nitrogen and oxygen atoms in total. The van der Waals surface area contributed by atoms with Crippen LogP contribution in [0.2, 0.25) is 0 Å². The maximum Gasteiger partial charge on any atom is 0.329 e. The first-order chi connectivity index (χ1) is 13.0. The van der Waals surface area contributed by atoms with Gasteiger partial charge in [0.2, 0.25) is 5.91 Å². The zero-order chi connectivity index (χ0) is 19.1. The van der Waals surface area contributed by atoms with Crippen LogP contribution >= 0.6 is 11.3 Å². The minimum absolute atomic E-state index is 0.145. The molecule has 2 aromatic rings. The van der Waals surface area contributed by atoms with Gasteiger partial charge in [-0.25, -0.2) is 4.79 Å². The summed E-state index contributed by atoms with van der Waals surface area (Å²) in [6.07, 6.45) is 5.77. The Balaban J connectivity index is 1.64. The lowest BCUT2D eigenvalue weighted by molar-refractivity contribution is -0.138. The van der Waals surface area contributed by atoms with Gasteiger partial charge in [0, 0.05) is 23.9 Å². The van der Waals surface area contributed by atoms with Crippen LogP contribution in [0.3, 0.4) is 0 Å². The molecule has 0 bridgehead atoms. The van der Waals surface area contributed by atoms with Crippen molar-refractivity contribution in [1.82, 2.24) is 14.5 Å². The van der Waals surface area contributed by atoms with Crippen molar-refractivity contribution in [3.05, 3.63) is 31.3 Å². The highest BCUT2D eigenvalue weighted by Gasteiger charge is 2.32. The van der Waals surface area contributed by atoms with Crippen LogP contribution in [0.15, 0.2) is 9.59 Å². The van der Waals surface area contributed by atoms with Gasteiger partial charge in [-0.3, -0.25) is 19.1 Å². The van der Waals surface area contributed by atoms with Crippen LogP contribution in [-0.2, 0) is 24.3 Å². The van der Waals surface area contributed by atoms with Crippen molar-refractivity contribution in [2.45, 2.75) is 65.5 Å². The Morgan fingerprint density at radius 3 is 2.85 bits per heavy atom. The molecule has 7 heteroatoms. The van der Waals surface area contributed by atoms with Crippen LogP contribution in [0.25, 0.3) is 10.2 Å². The van der Waals surface area contributed by atoms with Gasteiger partial charge in [-0.05, 0) is 37.2 Å². The van der Waals surface area contributed by atoms with E-state index in [1.807, 2.05) is 11.8 Å². The predicted molar refractivity (Wildman–Crippen MR) is 107 cm³/mol. The number of thiophene rings is 1. The van der Waals surface area contributed by atoms with Crippen LogP contribution in [-0.4, -0.2) is 26.9 Å². The molecule has 0 unspecified atom stereocenters. The van der Waals surface area contributed by atoms with E-state index in [2.05, 4.69) is 11.9 Å². The Hall–Kier alpha value is -1.89. The first-order valence-corrected chi connectivity index (χ1v) is 10.9. The Morgan fingerprint density at radius 2 is 2.11 bits per heavy atom. The molecule has 1 fully saturated rings. The Kier molecular flexibility index (Phi) is 4.97. The van der Waals surface area contributed by atoms with E-state index in [1.54, 1.807) is 0 Å². The van der Waals surface area contributed by atoms with E-state index < -0.39 is 0 Å². The molecular formula is C20H27N3O3S. The molecule has 27 heavy (non-hydrogen) atoms. The van der Waals surface area contributed by atoms with E-state index in [4.69, 9.17) is 0 Å². The number of nitrogens with one attached hydrogen (secondary N) is 1. The van der Waals surface area contributed by atoms with Gasteiger partial charge in [-0.2, -0.15) is 0 Å². The Bertz CT molecular complexity index is 987. The number of rotatable bonds is 3. The van der Waals surface area contributed by atoms with Crippen LogP contribution in [0.1, 0.15) is 56.4 Å². The topological polar surface area (TPSA) is 75.2 Å². The molecule has 2 atom stereocenters. The molecule has 1 amide bonds. The first-order valence-electron chi connectivity index (χ1n) is 10.1. The Labute approximate surface area is 162 Å². The number of carbonyl (C=O) groups is 1. The molecule has 1 aliphatic carbocycles. The largest absolute Gasteiger partial charge is 0.337 e. The second-order valence-electron chi connectivity index (χ2n) is 8.07. The lowest BCUT2D eigenvalue weighted by atomic mass is 9.81. The summed E-state index contributed by atoms with van der Waals surface area (Å²) < 4.78 is 1.30. The molecule has 0 saturated heterocycles. The first kappa shape index (κ1) is 18.5. The normalized spacial score (nSPS) is 22.8. The number of nitrogens with zero attached hydrogens (tertiary/aromatic N) is 2. The maximum absolute atomic E-state index is 13.0. The van der Waals surface area contributed by atoms with Crippen molar-refractivity contribution < 1.29 is 4.79 Å². The van der Waals surface area contributed by atoms with Gasteiger partial charge in [-0.15, -0.1) is 11.3 Å². The number of aromatic nitrogens is 2. The quantitative estimate of drug-likeness (QED) is 0.877. The number of amides is 1. The van der Waals surface area contributed by atoms with E-state index >= 15 is 0 Å². The molecule has 3 heterocycles. The van der Waals surface area contributed by atoms with E-state index in [1.165, 1.54) is 22.3 Å². The summed E-state index contributed by atoms with van der Waals surface area (Å²) in [7, 11) is 0. The molecule has 0 spiro atoms. The van der Waals surface area contributed by atoms with E-state index in [9.17, 15) is 14.4 Å². The van der Waals surface area contributed by atoms with Crippen molar-refractivity contribution in [2.75, 3.05) is 6.54 Å². The average Bonchev–Trinajstić information content (AvgIpc) is 3.01. The zero-order valence-electron chi connectivity index (χ0n) is 16.0. The molecule has 1 saturated carbocycles. The SMILES string of the molecule is CCCn1c(=O)[nH]c2sc3c(c2c1=O)CCN(C(=O)[C@@H]1CCC[C@@H](C)C1)C3. The molecule has 0 aromatic carbocycles. The van der Waals surface area contributed by atoms with Gasteiger partial charge in [0.25, 0.3) is 5.56 Å². The summed E-state index contributed by atoms with van der Waals surface area (Å²) in [6, 6.07) is 0. The van der Waals surface area contributed by atoms with Crippen LogP contribution in [0.4, 0.5) is 0 Å². The van der Waals surface area contributed by atoms with Gasteiger partial charge in [0.1, 0.15) is 4.83 Å². The molecule has 1 aliphatic heterocycles. The standard InChI is InChI=1S/C20H27N3O3S/c1-3-8-23-19(25)16-14-7-9-22(11-15(14)27-17(16)21-20(23)26)18(24)13-6-4-5-12(2)10-13/h12-13H,3-11H2,1-2H3,(H,21,26)/t12-,13-/m1/s1.